The second kappa shape index (κ2) is 34.9. The largest absolute Gasteiger partial charge is 3.00 e. The first-order valence-corrected chi connectivity index (χ1v) is 20.8. The number of carbonyl (C=O) groups excluding carboxylic acids is 5. The predicted octanol–water partition coefficient (Wildman–Crippen LogP) is -0.623. The molecule has 18 heteroatoms. The summed E-state index contributed by atoms with van der Waals surface area (Å²) in [5.41, 5.74) is 1.33. The molecule has 59 heavy (non-hydrogen) atoms. The summed E-state index contributed by atoms with van der Waals surface area (Å²) in [7, 11) is 0. The van der Waals surface area contributed by atoms with E-state index in [1.165, 1.54) is 6.92 Å². The Kier molecular flexibility index (Phi) is 32.1. The van der Waals surface area contributed by atoms with E-state index >= 15 is 0 Å². The van der Waals surface area contributed by atoms with Crippen LogP contribution in [0, 0.1) is 0 Å². The molecule has 330 valence electrons. The van der Waals surface area contributed by atoms with Crippen LogP contribution in [0.25, 0.3) is 0 Å². The molecule has 0 saturated heterocycles. The average Bonchev–Trinajstić information content (AvgIpc) is 3.17. The third kappa shape index (κ3) is 27.6. The van der Waals surface area contributed by atoms with Gasteiger partial charge < -0.3 is 53.7 Å². The smallest absolute Gasteiger partial charge is 0.549 e. The van der Waals surface area contributed by atoms with Crippen molar-refractivity contribution in [3.63, 3.8) is 0 Å². The number of ether oxygens (including phenoxy) is 5. The Labute approximate surface area is 363 Å². The van der Waals surface area contributed by atoms with E-state index in [0.717, 1.165) is 6.42 Å². The summed E-state index contributed by atoms with van der Waals surface area (Å²) in [6.07, 6.45) is 4.40. The molecular weight excluding hydrogens is 824 g/mol. The molecule has 1 amide bonds. The number of unbranched alkanes of at least 4 members (excludes halogenated alkanes) is 2. The van der Waals surface area contributed by atoms with Crippen molar-refractivity contribution in [3.8, 4) is 0 Å². The van der Waals surface area contributed by atoms with Crippen molar-refractivity contribution in [1.29, 1.82) is 0 Å². The van der Waals surface area contributed by atoms with Crippen molar-refractivity contribution in [2.75, 3.05) is 112 Å². The standard InChI is InChI=1S/C41H69N5O12.Ga/c1-3-54-24-25-57-23-9-18-45(34(2)47)32-38(49)13-5-7-22-56-27-29-58-28-26-55-21-6-4-12-37(48)14-15-39(41(52)53)46-20-17-42-16-19-44(33-40(50)51)30-35-10-8-11-36(31-46)43-35;/h8,10-11,39,42H,3-7,9,12-33H2,1-2H3,(H,50,51)(H,52,53);/q;+3/p-2. The zero-order valence-electron chi connectivity index (χ0n) is 35.4. The molecule has 2 bridgehead atoms. The monoisotopic (exact) mass is 890 g/mol. The second-order valence-corrected chi connectivity index (χ2v) is 14.2. The molecule has 0 saturated carbocycles. The average molecular weight is 892 g/mol. The van der Waals surface area contributed by atoms with Crippen LogP contribution in [0.1, 0.15) is 83.0 Å². The third-order valence-corrected chi connectivity index (χ3v) is 9.40. The van der Waals surface area contributed by atoms with Crippen LogP contribution < -0.4 is 15.5 Å². The van der Waals surface area contributed by atoms with Crippen molar-refractivity contribution in [3.05, 3.63) is 29.6 Å². The molecule has 2 rings (SSSR count). The number of ketones is 2. The molecule has 1 unspecified atom stereocenters. The van der Waals surface area contributed by atoms with Gasteiger partial charge in [0.2, 0.25) is 5.91 Å². The second-order valence-electron chi connectivity index (χ2n) is 14.2. The number of carbonyl (C=O) groups is 5. The maximum atomic E-state index is 12.7. The minimum Gasteiger partial charge on any atom is -0.549 e. The van der Waals surface area contributed by atoms with E-state index < -0.39 is 18.0 Å². The van der Waals surface area contributed by atoms with Crippen LogP contribution in [0.3, 0.4) is 0 Å². The summed E-state index contributed by atoms with van der Waals surface area (Å²) in [4.78, 5) is 70.1. The Bertz CT molecular complexity index is 1330. The van der Waals surface area contributed by atoms with Gasteiger partial charge in [0, 0.05) is 105 Å². The third-order valence-electron chi connectivity index (χ3n) is 9.40. The Hall–Kier alpha value is -2.78. The number of aromatic nitrogens is 1. The zero-order valence-corrected chi connectivity index (χ0v) is 37.8. The predicted molar refractivity (Wildman–Crippen MR) is 216 cm³/mol. The summed E-state index contributed by atoms with van der Waals surface area (Å²) in [6, 6.07) is 4.46. The number of rotatable bonds is 33. The van der Waals surface area contributed by atoms with Crippen molar-refractivity contribution < 1.29 is 57.9 Å². The Morgan fingerprint density at radius 2 is 1.31 bits per heavy atom. The van der Waals surface area contributed by atoms with Crippen molar-refractivity contribution in [2.45, 2.75) is 90.8 Å². The number of hydrogen-bond donors (Lipinski definition) is 1. The van der Waals surface area contributed by atoms with Crippen LogP contribution in [0.5, 0.6) is 0 Å². The molecule has 2 heterocycles. The van der Waals surface area contributed by atoms with Gasteiger partial charge in [-0.05, 0) is 57.6 Å². The number of carboxylic acid groups (broad SMARTS) is 2. The van der Waals surface area contributed by atoms with Crippen LogP contribution in [-0.2, 0) is 60.7 Å². The van der Waals surface area contributed by atoms with Gasteiger partial charge in [0.25, 0.3) is 0 Å². The van der Waals surface area contributed by atoms with Gasteiger partial charge in [0.15, 0.2) is 5.78 Å². The fraction of sp³-hybridized carbons (Fsp3) is 0.756. The van der Waals surface area contributed by atoms with E-state index in [4.69, 9.17) is 23.7 Å². The van der Waals surface area contributed by atoms with Gasteiger partial charge >= 0.3 is 19.8 Å². The number of nitrogens with zero attached hydrogens (tertiary/aromatic N) is 4. The van der Waals surface area contributed by atoms with E-state index in [1.54, 1.807) is 26.8 Å². The SMILES string of the molecule is CCOCCOCCCN(CC(=O)CCCCOCCOCCOCCCCC(=O)CCC(C(=O)[O-])N1CCNCCN(CC(=O)[O-])Cc2cccc(n2)C1)C(C)=O.[Ga+3]. The van der Waals surface area contributed by atoms with Gasteiger partial charge in [-0.2, -0.15) is 0 Å². The number of hydrogen-bond acceptors (Lipinski definition) is 16. The molecule has 1 aromatic heterocycles. The molecule has 1 aliphatic rings. The van der Waals surface area contributed by atoms with Gasteiger partial charge in [-0.15, -0.1) is 0 Å². The van der Waals surface area contributed by atoms with Gasteiger partial charge in [-0.25, -0.2) is 0 Å². The van der Waals surface area contributed by atoms with Crippen molar-refractivity contribution >= 4 is 49.2 Å². The fourth-order valence-electron chi connectivity index (χ4n) is 6.30. The zero-order chi connectivity index (χ0) is 42.2. The molecule has 0 aliphatic carbocycles. The molecular formula is C41H67GaN5O12+. The molecule has 1 N–H and O–H groups in total. The first-order valence-electron chi connectivity index (χ1n) is 20.8. The summed E-state index contributed by atoms with van der Waals surface area (Å²) in [6.45, 7) is 11.1. The number of nitrogens with one attached hydrogen (secondary N) is 1. The molecule has 0 fully saturated rings. The molecule has 0 radical (unpaired) electrons. The molecule has 0 spiro atoms. The number of fused-ring (bicyclic) bond motifs is 2. The number of aliphatic carboxylic acids is 2. The molecule has 1 atom stereocenters. The van der Waals surface area contributed by atoms with E-state index in [0.29, 0.717) is 155 Å². The van der Waals surface area contributed by atoms with Crippen LogP contribution in [0.15, 0.2) is 18.2 Å². The quantitative estimate of drug-likeness (QED) is 0.0688. The first-order chi connectivity index (χ1) is 28.1. The Balaban J connectivity index is 0.0000174. The topological polar surface area (TPSA) is 212 Å². The Morgan fingerprint density at radius 3 is 1.90 bits per heavy atom. The van der Waals surface area contributed by atoms with E-state index in [1.807, 2.05) is 13.0 Å². The molecule has 1 aromatic rings. The summed E-state index contributed by atoms with van der Waals surface area (Å²) >= 11 is 0. The number of amides is 1. The van der Waals surface area contributed by atoms with Crippen LogP contribution >= 0.6 is 0 Å². The van der Waals surface area contributed by atoms with Gasteiger partial charge in [0.05, 0.1) is 75.6 Å². The Morgan fingerprint density at radius 1 is 0.746 bits per heavy atom. The molecule has 0 aromatic carbocycles. The van der Waals surface area contributed by atoms with Crippen molar-refractivity contribution in [2.24, 2.45) is 0 Å². The number of pyridine rings is 1. The summed E-state index contributed by atoms with van der Waals surface area (Å²) in [5, 5.41) is 26.7. The summed E-state index contributed by atoms with van der Waals surface area (Å²) < 4.78 is 27.4. The van der Waals surface area contributed by atoms with E-state index in [2.05, 4.69) is 10.3 Å². The maximum Gasteiger partial charge on any atom is 3.00 e. The van der Waals surface area contributed by atoms with Gasteiger partial charge in [-0.1, -0.05) is 6.07 Å². The van der Waals surface area contributed by atoms with E-state index in [9.17, 15) is 34.2 Å². The normalized spacial score (nSPS) is 14.4. The minimum atomic E-state index is -1.24. The molecule has 17 nitrogen and oxygen atoms in total. The van der Waals surface area contributed by atoms with E-state index in [-0.39, 0.29) is 69.7 Å². The number of Topliss-reactive ketones (excluding diaryl/α,β-unsaturated/α-hetero) is 2. The maximum absolute atomic E-state index is 12.7. The minimum absolute atomic E-state index is 0. The van der Waals surface area contributed by atoms with Gasteiger partial charge in [0.1, 0.15) is 5.78 Å². The van der Waals surface area contributed by atoms with Crippen LogP contribution in [0.2, 0.25) is 0 Å². The summed E-state index contributed by atoms with van der Waals surface area (Å²) in [5.74, 6) is -2.50. The molecule has 1 aliphatic heterocycles. The van der Waals surface area contributed by atoms with Crippen LogP contribution in [-0.4, -0.2) is 187 Å². The van der Waals surface area contributed by atoms with Crippen LogP contribution in [0.4, 0.5) is 0 Å². The number of carboxylic acids is 2. The fourth-order valence-corrected chi connectivity index (χ4v) is 6.30. The first kappa shape index (κ1) is 54.2. The van der Waals surface area contributed by atoms with Crippen molar-refractivity contribution in [1.82, 2.24) is 25.0 Å². The van der Waals surface area contributed by atoms with Gasteiger partial charge in [-0.3, -0.25) is 29.2 Å².